The van der Waals surface area contributed by atoms with E-state index in [0.717, 1.165) is 72.5 Å². The Morgan fingerprint density at radius 3 is 2.12 bits per heavy atom. The van der Waals surface area contributed by atoms with Gasteiger partial charge in [-0.1, -0.05) is 106 Å². The van der Waals surface area contributed by atoms with Crippen LogP contribution in [-0.4, -0.2) is 24.1 Å². The zero-order valence-electron chi connectivity index (χ0n) is 28.7. The molecular weight excluding hydrogens is 623 g/mol. The predicted octanol–water partition coefficient (Wildman–Crippen LogP) is 11.8. The Kier molecular flexibility index (Phi) is 6.37. The molecule has 0 radical (unpaired) electrons. The molecule has 10 rings (SSSR count). The number of H-pyrrole nitrogens is 1. The smallest absolute Gasteiger partial charge is 0.147 e. The highest BCUT2D eigenvalue weighted by atomic mass is 15.1. The van der Waals surface area contributed by atoms with Crippen LogP contribution < -0.4 is 0 Å². The van der Waals surface area contributed by atoms with Gasteiger partial charge in [-0.25, -0.2) is 9.97 Å². The molecule has 5 nitrogen and oxygen atoms in total. The third-order valence-electron chi connectivity index (χ3n) is 10.3. The van der Waals surface area contributed by atoms with Gasteiger partial charge in [0.25, 0.3) is 0 Å². The molecule has 10 aromatic rings. The standard InChI is InChI=1S/C46H35N5/c1-46(2,3)30-23-25-31(26-24-30)50-41-22-10-16-33(43(41)49-45(50)38-18-9-17-36-34-14-4-6-20-39(34)48-42(36)38)29-12-8-13-32(28-29)51-40-21-7-5-15-35(40)37-19-11-27-47-44(37)51/h4-28,48H,1-3H3. The minimum Gasteiger partial charge on any atom is -0.354 e. The van der Waals surface area contributed by atoms with E-state index < -0.39 is 0 Å². The Morgan fingerprint density at radius 1 is 0.549 bits per heavy atom. The maximum atomic E-state index is 5.54. The van der Waals surface area contributed by atoms with Crippen LogP contribution in [0.5, 0.6) is 0 Å². The molecule has 0 saturated heterocycles. The largest absolute Gasteiger partial charge is 0.354 e. The highest BCUT2D eigenvalue weighted by Gasteiger charge is 2.22. The number of benzene rings is 6. The van der Waals surface area contributed by atoms with E-state index in [0.29, 0.717) is 0 Å². The summed E-state index contributed by atoms with van der Waals surface area (Å²) >= 11 is 0. The molecule has 4 aromatic heterocycles. The first kappa shape index (κ1) is 29.5. The van der Waals surface area contributed by atoms with Crippen molar-refractivity contribution in [1.29, 1.82) is 0 Å². The van der Waals surface area contributed by atoms with E-state index in [9.17, 15) is 0 Å². The SMILES string of the molecule is CC(C)(C)c1ccc(-n2c(-c3cccc4c3[nH]c3ccccc34)nc3c(-c4cccc(-n5c6ccccc6c6cccnc65)c4)cccc32)cc1. The van der Waals surface area contributed by atoms with Crippen molar-refractivity contribution in [2.24, 2.45) is 0 Å². The summed E-state index contributed by atoms with van der Waals surface area (Å²) in [7, 11) is 0. The van der Waals surface area contributed by atoms with Crippen LogP contribution in [0.1, 0.15) is 26.3 Å². The van der Waals surface area contributed by atoms with Gasteiger partial charge in [0.1, 0.15) is 11.5 Å². The van der Waals surface area contributed by atoms with Gasteiger partial charge in [-0.15, -0.1) is 0 Å². The quantitative estimate of drug-likeness (QED) is 0.205. The minimum atomic E-state index is 0.0540. The highest BCUT2D eigenvalue weighted by Crippen LogP contribution is 2.39. The second-order valence-corrected chi connectivity index (χ2v) is 14.4. The molecule has 4 heterocycles. The summed E-state index contributed by atoms with van der Waals surface area (Å²) in [6, 6.07) is 52.0. The average Bonchev–Trinajstić information content (AvgIpc) is 3.84. The Labute approximate surface area is 295 Å². The van der Waals surface area contributed by atoms with Gasteiger partial charge in [-0.2, -0.15) is 0 Å². The summed E-state index contributed by atoms with van der Waals surface area (Å²) in [4.78, 5) is 14.1. The van der Waals surface area contributed by atoms with Crippen molar-refractivity contribution >= 4 is 54.8 Å². The lowest BCUT2D eigenvalue weighted by atomic mass is 9.87. The average molecular weight is 658 g/mol. The van der Waals surface area contributed by atoms with Crippen LogP contribution in [0.4, 0.5) is 0 Å². The van der Waals surface area contributed by atoms with E-state index in [2.05, 4.69) is 174 Å². The van der Waals surface area contributed by atoms with E-state index in [1.807, 2.05) is 12.3 Å². The zero-order valence-corrected chi connectivity index (χ0v) is 28.7. The van der Waals surface area contributed by atoms with Crippen LogP contribution in [0.2, 0.25) is 0 Å². The van der Waals surface area contributed by atoms with E-state index in [1.54, 1.807) is 0 Å². The first-order valence-corrected chi connectivity index (χ1v) is 17.5. The number of pyridine rings is 1. The van der Waals surface area contributed by atoms with Gasteiger partial charge in [0, 0.05) is 55.8 Å². The van der Waals surface area contributed by atoms with Crippen molar-refractivity contribution in [2.75, 3.05) is 0 Å². The number of para-hydroxylation sites is 4. The number of fused-ring (bicyclic) bond motifs is 7. The molecule has 0 bridgehead atoms. The Bertz CT molecular complexity index is 2900. The Balaban J connectivity index is 1.22. The summed E-state index contributed by atoms with van der Waals surface area (Å²) in [5.74, 6) is 0.904. The maximum absolute atomic E-state index is 5.54. The van der Waals surface area contributed by atoms with Crippen LogP contribution in [0, 0.1) is 0 Å². The van der Waals surface area contributed by atoms with E-state index in [-0.39, 0.29) is 5.41 Å². The fourth-order valence-corrected chi connectivity index (χ4v) is 7.81. The van der Waals surface area contributed by atoms with Crippen molar-refractivity contribution in [3.8, 4) is 33.9 Å². The molecule has 0 aliphatic carbocycles. The van der Waals surface area contributed by atoms with E-state index >= 15 is 0 Å². The number of nitrogens with zero attached hydrogens (tertiary/aromatic N) is 4. The lowest BCUT2D eigenvalue weighted by Gasteiger charge is -2.19. The second-order valence-electron chi connectivity index (χ2n) is 14.4. The third-order valence-corrected chi connectivity index (χ3v) is 10.3. The molecular formula is C46H35N5. The number of rotatable bonds is 4. The molecule has 6 aromatic carbocycles. The fourth-order valence-electron chi connectivity index (χ4n) is 7.81. The van der Waals surface area contributed by atoms with Crippen LogP contribution in [0.15, 0.2) is 152 Å². The summed E-state index contributed by atoms with van der Waals surface area (Å²) in [5, 5.41) is 4.74. The maximum Gasteiger partial charge on any atom is 0.147 e. The molecule has 0 fully saturated rings. The Morgan fingerprint density at radius 2 is 1.25 bits per heavy atom. The van der Waals surface area contributed by atoms with Crippen molar-refractivity contribution in [3.05, 3.63) is 157 Å². The third kappa shape index (κ3) is 4.55. The van der Waals surface area contributed by atoms with Crippen molar-refractivity contribution in [1.82, 2.24) is 24.1 Å². The number of imidazole rings is 1. The number of hydrogen-bond donors (Lipinski definition) is 1. The van der Waals surface area contributed by atoms with Crippen molar-refractivity contribution in [3.63, 3.8) is 0 Å². The van der Waals surface area contributed by atoms with Crippen LogP contribution in [0.25, 0.3) is 88.7 Å². The molecule has 0 saturated carbocycles. The Hall–Kier alpha value is -6.46. The van der Waals surface area contributed by atoms with Gasteiger partial charge >= 0.3 is 0 Å². The first-order chi connectivity index (χ1) is 24.9. The van der Waals surface area contributed by atoms with Gasteiger partial charge in [0.15, 0.2) is 0 Å². The fraction of sp³-hybridized carbons (Fsp3) is 0.0870. The summed E-state index contributed by atoms with van der Waals surface area (Å²) in [5.41, 5.74) is 13.1. The predicted molar refractivity (Wildman–Crippen MR) is 212 cm³/mol. The monoisotopic (exact) mass is 657 g/mol. The number of nitrogens with one attached hydrogen (secondary N) is 1. The van der Waals surface area contributed by atoms with Gasteiger partial charge in [0.05, 0.1) is 22.1 Å². The molecule has 0 aliphatic rings. The minimum absolute atomic E-state index is 0.0540. The molecule has 244 valence electrons. The van der Waals surface area contributed by atoms with Crippen LogP contribution in [0.3, 0.4) is 0 Å². The second kappa shape index (κ2) is 11.0. The van der Waals surface area contributed by atoms with Crippen LogP contribution >= 0.6 is 0 Å². The number of hydrogen-bond acceptors (Lipinski definition) is 2. The topological polar surface area (TPSA) is 51.4 Å². The van der Waals surface area contributed by atoms with E-state index in [1.165, 1.54) is 21.7 Å². The molecule has 0 atom stereocenters. The number of aromatic nitrogens is 5. The molecule has 0 spiro atoms. The van der Waals surface area contributed by atoms with Gasteiger partial charge < -0.3 is 4.98 Å². The van der Waals surface area contributed by atoms with Crippen molar-refractivity contribution in [2.45, 2.75) is 26.2 Å². The van der Waals surface area contributed by atoms with Gasteiger partial charge in [0.2, 0.25) is 0 Å². The lowest BCUT2D eigenvalue weighted by molar-refractivity contribution is 0.590. The summed E-state index contributed by atoms with van der Waals surface area (Å²) in [6.07, 6.45) is 1.87. The molecule has 0 unspecified atom stereocenters. The molecule has 0 amide bonds. The molecule has 51 heavy (non-hydrogen) atoms. The molecule has 0 aliphatic heterocycles. The lowest BCUT2D eigenvalue weighted by Crippen LogP contribution is -2.11. The molecule has 5 heteroatoms. The summed E-state index contributed by atoms with van der Waals surface area (Å²) in [6.45, 7) is 6.77. The highest BCUT2D eigenvalue weighted by molar-refractivity contribution is 6.12. The summed E-state index contributed by atoms with van der Waals surface area (Å²) < 4.78 is 4.60. The zero-order chi connectivity index (χ0) is 34.3. The van der Waals surface area contributed by atoms with Crippen LogP contribution in [-0.2, 0) is 5.41 Å². The first-order valence-electron chi connectivity index (χ1n) is 17.5. The van der Waals surface area contributed by atoms with Crippen molar-refractivity contribution < 1.29 is 0 Å². The number of aromatic amines is 1. The van der Waals surface area contributed by atoms with Gasteiger partial charge in [-0.3, -0.25) is 9.13 Å². The molecule has 1 N–H and O–H groups in total. The van der Waals surface area contributed by atoms with Gasteiger partial charge in [-0.05, 0) is 77.2 Å². The van der Waals surface area contributed by atoms with E-state index in [4.69, 9.17) is 9.97 Å². The normalized spacial score (nSPS) is 12.2.